The number of methoxy groups -OCH3 is 1. The van der Waals surface area contributed by atoms with Crippen molar-refractivity contribution < 1.29 is 47.1 Å². The maximum atomic E-state index is 14.6. The first kappa shape index (κ1) is 55.5. The Labute approximate surface area is 446 Å². The van der Waals surface area contributed by atoms with Gasteiger partial charge in [-0.15, -0.1) is 6.58 Å². The fourth-order valence-electron chi connectivity index (χ4n) is 7.86. The number of carbonyl (C=O) groups excluding carboxylic acids is 1. The summed E-state index contributed by atoms with van der Waals surface area (Å²) in [5.41, 5.74) is 4.55. The van der Waals surface area contributed by atoms with E-state index in [0.717, 1.165) is 5.56 Å². The number of nitrogens with zero attached hydrogens (tertiary/aromatic N) is 5. The molecule has 74 heavy (non-hydrogen) atoms. The molecule has 14 nitrogen and oxygen atoms in total. The number of esters is 1. The number of halogens is 4. The molecule has 19 heteroatoms. The number of aliphatic hydroxyl groups excluding tert-OH is 1. The number of benzene rings is 4. The van der Waals surface area contributed by atoms with Crippen LogP contribution < -0.4 is 23.4 Å². The van der Waals surface area contributed by atoms with Crippen LogP contribution in [-0.4, -0.2) is 89.6 Å². The molecular formula is C55H59Cl3FN5O9Si. The number of aromatic nitrogens is 5. The Kier molecular flexibility index (Phi) is 17.9. The van der Waals surface area contributed by atoms with Crippen LogP contribution >= 0.6 is 34.8 Å². The first-order chi connectivity index (χ1) is 35.3. The van der Waals surface area contributed by atoms with Gasteiger partial charge in [0, 0.05) is 23.7 Å². The number of para-hydroxylation sites is 1. The van der Waals surface area contributed by atoms with E-state index in [1.807, 2.05) is 36.4 Å². The quantitative estimate of drug-likeness (QED) is 0.0296. The lowest BCUT2D eigenvalue weighted by atomic mass is 10.1. The topological polar surface area (TPSA) is 158 Å². The Morgan fingerprint density at radius 3 is 2.31 bits per heavy atom. The Morgan fingerprint density at radius 1 is 0.932 bits per heavy atom. The van der Waals surface area contributed by atoms with Crippen molar-refractivity contribution in [3.63, 3.8) is 0 Å². The predicted molar refractivity (Wildman–Crippen MR) is 289 cm³/mol. The van der Waals surface area contributed by atoms with Gasteiger partial charge in [0.1, 0.15) is 53.1 Å². The van der Waals surface area contributed by atoms with Gasteiger partial charge in [-0.3, -0.25) is 0 Å². The van der Waals surface area contributed by atoms with E-state index in [-0.39, 0.29) is 75.6 Å². The number of hydrogen-bond donors (Lipinski definition) is 1. The molecule has 0 spiro atoms. The monoisotopic (exact) mass is 1090 g/mol. The molecule has 0 amide bonds. The number of ether oxygens (including phenoxy) is 6. The lowest BCUT2D eigenvalue weighted by molar-refractivity contribution is -0.151. The van der Waals surface area contributed by atoms with Crippen LogP contribution in [0.5, 0.6) is 28.9 Å². The molecule has 0 saturated carbocycles. The standard InChI is InChI=1S/C55H59Cl3FN5O9Si/c1-11-25-68-30-39(28-65)71-51-44(56)32(3)48(33(4)45(51)57)64-49(34-17-19-36(59)20-18-34)46(58)47-50(64)53(62-31-61-47)72-43(54(66)69-12-2)27-35-26-38(73-74(9,10)55(5,6)7)21-22-41(35)70-29-37-23-24-60-52(63-37)40-15-13-14-16-42(40)67-8/h11,13-24,26,31,39,43,65H,1,12,25,27-30H2,2-10H3/t39-,43+/m0/s1. The van der Waals surface area contributed by atoms with Crippen LogP contribution in [0.2, 0.25) is 33.2 Å². The zero-order valence-electron chi connectivity index (χ0n) is 42.7. The summed E-state index contributed by atoms with van der Waals surface area (Å²) in [7, 11) is -0.781. The Balaban J connectivity index is 1.36. The van der Waals surface area contributed by atoms with E-state index in [0.29, 0.717) is 62.4 Å². The Bertz CT molecular complexity index is 3120. The smallest absolute Gasteiger partial charge is 0.347 e. The zero-order valence-corrected chi connectivity index (χ0v) is 46.0. The maximum absolute atomic E-state index is 14.6. The summed E-state index contributed by atoms with van der Waals surface area (Å²) in [6, 6.07) is 20.5. The maximum Gasteiger partial charge on any atom is 0.347 e. The summed E-state index contributed by atoms with van der Waals surface area (Å²) in [4.78, 5) is 32.9. The van der Waals surface area contributed by atoms with Gasteiger partial charge in [0.15, 0.2) is 11.6 Å². The third kappa shape index (κ3) is 12.1. The van der Waals surface area contributed by atoms with Crippen molar-refractivity contribution in [2.45, 2.75) is 84.9 Å². The summed E-state index contributed by atoms with van der Waals surface area (Å²) in [6.07, 6.45) is 2.24. The molecule has 0 saturated heterocycles. The summed E-state index contributed by atoms with van der Waals surface area (Å²) in [5.74, 6) is 0.973. The zero-order chi connectivity index (χ0) is 53.5. The van der Waals surface area contributed by atoms with Crippen LogP contribution in [0.4, 0.5) is 4.39 Å². The third-order valence-corrected chi connectivity index (χ3v) is 18.3. The van der Waals surface area contributed by atoms with Crippen molar-refractivity contribution >= 4 is 60.1 Å². The van der Waals surface area contributed by atoms with Gasteiger partial charge in [-0.2, -0.15) is 4.98 Å². The molecule has 0 aliphatic heterocycles. The van der Waals surface area contributed by atoms with Crippen LogP contribution in [0.1, 0.15) is 50.1 Å². The van der Waals surface area contributed by atoms with Crippen LogP contribution in [0.25, 0.3) is 39.4 Å². The molecule has 0 aliphatic rings. The third-order valence-electron chi connectivity index (χ3n) is 12.6. The second-order valence-electron chi connectivity index (χ2n) is 18.7. The fraction of sp³-hybridized carbons (Fsp3) is 0.327. The normalized spacial score (nSPS) is 12.6. The van der Waals surface area contributed by atoms with Gasteiger partial charge < -0.3 is 42.5 Å². The number of carbonyl (C=O) groups is 1. The average Bonchev–Trinajstić information content (AvgIpc) is 3.67. The molecule has 1 N–H and O–H groups in total. The van der Waals surface area contributed by atoms with Gasteiger partial charge in [0.25, 0.3) is 0 Å². The molecule has 7 aromatic rings. The van der Waals surface area contributed by atoms with Crippen molar-refractivity contribution in [3.05, 3.63) is 141 Å². The van der Waals surface area contributed by atoms with Crippen molar-refractivity contribution in [2.24, 2.45) is 0 Å². The predicted octanol–water partition coefficient (Wildman–Crippen LogP) is 12.7. The number of rotatable bonds is 22. The average molecular weight is 1090 g/mol. The van der Waals surface area contributed by atoms with Gasteiger partial charge in [0.2, 0.25) is 20.3 Å². The van der Waals surface area contributed by atoms with Crippen molar-refractivity contribution in [1.29, 1.82) is 0 Å². The minimum atomic E-state index is -2.37. The molecule has 7 rings (SSSR count). The summed E-state index contributed by atoms with van der Waals surface area (Å²) >= 11 is 21.7. The molecule has 0 aliphatic carbocycles. The highest BCUT2D eigenvalue weighted by atomic mass is 35.5. The summed E-state index contributed by atoms with van der Waals surface area (Å²) in [5, 5.41) is 10.5. The fourth-order valence-corrected chi connectivity index (χ4v) is 9.72. The number of fused-ring (bicyclic) bond motifs is 1. The molecular weight excluding hydrogens is 1030 g/mol. The second kappa shape index (κ2) is 23.9. The summed E-state index contributed by atoms with van der Waals surface area (Å²) < 4.78 is 59.4. The van der Waals surface area contributed by atoms with E-state index >= 15 is 0 Å². The van der Waals surface area contributed by atoms with E-state index < -0.39 is 38.9 Å². The van der Waals surface area contributed by atoms with Crippen LogP contribution in [0.3, 0.4) is 0 Å². The lowest BCUT2D eigenvalue weighted by Gasteiger charge is -2.36. The molecule has 0 fully saturated rings. The van der Waals surface area contributed by atoms with Gasteiger partial charge in [0.05, 0.1) is 71.2 Å². The number of hydrogen-bond acceptors (Lipinski definition) is 13. The van der Waals surface area contributed by atoms with E-state index in [2.05, 4.69) is 55.4 Å². The number of aliphatic hydroxyl groups is 1. The molecule has 4 aromatic carbocycles. The largest absolute Gasteiger partial charge is 0.543 e. The van der Waals surface area contributed by atoms with Gasteiger partial charge >= 0.3 is 5.97 Å². The van der Waals surface area contributed by atoms with Crippen molar-refractivity contribution in [1.82, 2.24) is 24.5 Å². The highest BCUT2D eigenvalue weighted by molar-refractivity contribution is 6.74. The molecule has 2 atom stereocenters. The molecule has 0 radical (unpaired) electrons. The molecule has 0 unspecified atom stereocenters. The minimum absolute atomic E-state index is 0.0242. The van der Waals surface area contributed by atoms with E-state index in [9.17, 15) is 14.3 Å². The van der Waals surface area contributed by atoms with Crippen molar-refractivity contribution in [3.8, 4) is 57.2 Å². The highest BCUT2D eigenvalue weighted by Crippen LogP contribution is 2.48. The van der Waals surface area contributed by atoms with Crippen LogP contribution in [0.15, 0.2) is 98.0 Å². The van der Waals surface area contributed by atoms with Gasteiger partial charge in [-0.05, 0) is 111 Å². The first-order valence-corrected chi connectivity index (χ1v) is 27.8. The molecule has 390 valence electrons. The van der Waals surface area contributed by atoms with E-state index in [1.165, 1.54) is 18.5 Å². The molecule has 3 heterocycles. The van der Waals surface area contributed by atoms with Gasteiger partial charge in [-0.1, -0.05) is 73.8 Å². The Morgan fingerprint density at radius 2 is 1.65 bits per heavy atom. The van der Waals surface area contributed by atoms with Crippen molar-refractivity contribution in [2.75, 3.05) is 33.5 Å². The van der Waals surface area contributed by atoms with E-state index in [1.54, 1.807) is 69.0 Å². The van der Waals surface area contributed by atoms with E-state index in [4.69, 9.17) is 72.6 Å². The van der Waals surface area contributed by atoms with Crippen LogP contribution in [-0.2, 0) is 27.3 Å². The van der Waals surface area contributed by atoms with Gasteiger partial charge in [-0.25, -0.2) is 24.1 Å². The highest BCUT2D eigenvalue weighted by Gasteiger charge is 2.39. The second-order valence-corrected chi connectivity index (χ2v) is 24.6. The SMILES string of the molecule is C=CCOC[C@H](CO)Oc1c(Cl)c(C)c(-n2c(-c3ccc(F)cc3)c(Cl)c3ncnc(O[C@H](Cc4cc(O[Si](C)(C)C(C)(C)C)ccc4OCc4ccnc(-c5ccccc5OC)n4)C(=O)OCC)c32)c(C)c1Cl. The van der Waals surface area contributed by atoms with Crippen LogP contribution in [0, 0.1) is 19.7 Å². The Hall–Kier alpha value is -6.27. The molecule has 0 bridgehead atoms. The summed E-state index contributed by atoms with van der Waals surface area (Å²) in [6.45, 7) is 19.6. The first-order valence-electron chi connectivity index (χ1n) is 23.8. The molecule has 3 aromatic heterocycles. The lowest BCUT2D eigenvalue weighted by Crippen LogP contribution is -2.43. The minimum Gasteiger partial charge on any atom is -0.543 e.